The highest BCUT2D eigenvalue weighted by Crippen LogP contribution is 2.22. The molecule has 0 aliphatic heterocycles. The molecule has 1 rings (SSSR count). The van der Waals surface area contributed by atoms with Gasteiger partial charge in [0, 0.05) is 18.6 Å². The molecular formula is C13H15ClF3NO3. The quantitative estimate of drug-likeness (QED) is 0.784. The second-order valence-electron chi connectivity index (χ2n) is 4.18. The molecule has 0 aromatic heterocycles. The first-order chi connectivity index (χ1) is 9.85. The molecule has 1 atom stereocenters. The molecule has 1 unspecified atom stereocenters. The lowest BCUT2D eigenvalue weighted by Crippen LogP contribution is -2.38. The third-order valence-corrected chi connectivity index (χ3v) is 2.73. The molecular weight excluding hydrogens is 311 g/mol. The molecule has 0 fully saturated rings. The predicted molar refractivity (Wildman–Crippen MR) is 71.6 cm³/mol. The molecule has 8 heteroatoms. The van der Waals surface area contributed by atoms with Gasteiger partial charge in [0.1, 0.15) is 5.75 Å². The molecule has 0 aliphatic rings. The lowest BCUT2D eigenvalue weighted by atomic mass is 10.1. The first-order valence-electron chi connectivity index (χ1n) is 6.07. The SMILES string of the molecule is COCC(CCCl)NC(=O)c1ccc(OC(F)(F)F)cc1. The summed E-state index contributed by atoms with van der Waals surface area (Å²) in [7, 11) is 1.50. The van der Waals surface area contributed by atoms with Gasteiger partial charge in [-0.2, -0.15) is 0 Å². The molecule has 0 saturated carbocycles. The number of methoxy groups -OCH3 is 1. The van der Waals surface area contributed by atoms with Gasteiger partial charge < -0.3 is 14.8 Å². The molecule has 1 aromatic carbocycles. The van der Waals surface area contributed by atoms with Crippen LogP contribution in [-0.4, -0.2) is 37.9 Å². The van der Waals surface area contributed by atoms with Crippen molar-refractivity contribution in [1.29, 1.82) is 0 Å². The van der Waals surface area contributed by atoms with Crippen molar-refractivity contribution in [2.24, 2.45) is 0 Å². The van der Waals surface area contributed by atoms with Crippen LogP contribution in [0, 0.1) is 0 Å². The van der Waals surface area contributed by atoms with Gasteiger partial charge in [0.05, 0.1) is 12.6 Å². The number of nitrogens with one attached hydrogen (secondary N) is 1. The third-order valence-electron chi connectivity index (χ3n) is 2.51. The van der Waals surface area contributed by atoms with Gasteiger partial charge in [0.2, 0.25) is 0 Å². The van der Waals surface area contributed by atoms with E-state index in [0.29, 0.717) is 18.9 Å². The molecule has 1 aromatic rings. The van der Waals surface area contributed by atoms with Crippen molar-refractivity contribution in [3.63, 3.8) is 0 Å². The monoisotopic (exact) mass is 325 g/mol. The van der Waals surface area contributed by atoms with E-state index < -0.39 is 12.3 Å². The molecule has 0 spiro atoms. The van der Waals surface area contributed by atoms with E-state index in [1.165, 1.54) is 19.2 Å². The highest BCUT2D eigenvalue weighted by atomic mass is 35.5. The van der Waals surface area contributed by atoms with Crippen LogP contribution < -0.4 is 10.1 Å². The number of hydrogen-bond donors (Lipinski definition) is 1. The van der Waals surface area contributed by atoms with Crippen LogP contribution in [0.2, 0.25) is 0 Å². The van der Waals surface area contributed by atoms with E-state index in [1.807, 2.05) is 0 Å². The number of alkyl halides is 4. The average Bonchev–Trinajstić information content (AvgIpc) is 2.38. The topological polar surface area (TPSA) is 47.6 Å². The summed E-state index contributed by atoms with van der Waals surface area (Å²) in [5.41, 5.74) is 0.222. The van der Waals surface area contributed by atoms with E-state index >= 15 is 0 Å². The highest BCUT2D eigenvalue weighted by molar-refractivity contribution is 6.17. The maximum absolute atomic E-state index is 12.0. The maximum Gasteiger partial charge on any atom is 0.573 e. The van der Waals surface area contributed by atoms with Crippen molar-refractivity contribution < 1.29 is 27.4 Å². The summed E-state index contributed by atoms with van der Waals surface area (Å²) in [5, 5.41) is 2.69. The lowest BCUT2D eigenvalue weighted by Gasteiger charge is -2.17. The minimum absolute atomic E-state index is 0.222. The van der Waals surface area contributed by atoms with Crippen molar-refractivity contribution in [2.45, 2.75) is 18.8 Å². The Labute approximate surface area is 125 Å². The second-order valence-corrected chi connectivity index (χ2v) is 4.55. The number of carbonyl (C=O) groups excluding carboxylic acids is 1. The van der Waals surface area contributed by atoms with Crippen molar-refractivity contribution in [3.05, 3.63) is 29.8 Å². The van der Waals surface area contributed by atoms with Crippen LogP contribution >= 0.6 is 11.6 Å². The average molecular weight is 326 g/mol. The van der Waals surface area contributed by atoms with E-state index in [1.54, 1.807) is 0 Å². The van der Waals surface area contributed by atoms with E-state index in [2.05, 4.69) is 10.1 Å². The molecule has 0 heterocycles. The minimum Gasteiger partial charge on any atom is -0.406 e. The smallest absolute Gasteiger partial charge is 0.406 e. The van der Waals surface area contributed by atoms with Gasteiger partial charge in [-0.3, -0.25) is 4.79 Å². The zero-order valence-electron chi connectivity index (χ0n) is 11.2. The third kappa shape index (κ3) is 6.68. The zero-order valence-corrected chi connectivity index (χ0v) is 12.0. The zero-order chi connectivity index (χ0) is 15.9. The van der Waals surface area contributed by atoms with Gasteiger partial charge in [-0.25, -0.2) is 0 Å². The molecule has 0 bridgehead atoms. The van der Waals surface area contributed by atoms with E-state index in [0.717, 1.165) is 12.1 Å². The molecule has 21 heavy (non-hydrogen) atoms. The maximum atomic E-state index is 12.0. The minimum atomic E-state index is -4.76. The number of halogens is 4. The van der Waals surface area contributed by atoms with Gasteiger partial charge in [-0.05, 0) is 30.7 Å². The van der Waals surface area contributed by atoms with E-state index in [-0.39, 0.29) is 17.4 Å². The number of rotatable bonds is 7. The van der Waals surface area contributed by atoms with Crippen molar-refractivity contribution in [2.75, 3.05) is 19.6 Å². The summed E-state index contributed by atoms with van der Waals surface area (Å²) < 4.78 is 44.7. The first kappa shape index (κ1) is 17.6. The Balaban J connectivity index is 2.65. The Morgan fingerprint density at radius 2 is 1.95 bits per heavy atom. The largest absolute Gasteiger partial charge is 0.573 e. The van der Waals surface area contributed by atoms with Gasteiger partial charge >= 0.3 is 6.36 Å². The highest BCUT2D eigenvalue weighted by Gasteiger charge is 2.31. The van der Waals surface area contributed by atoms with Crippen molar-refractivity contribution >= 4 is 17.5 Å². The molecule has 0 saturated heterocycles. The molecule has 0 aliphatic carbocycles. The fourth-order valence-electron chi connectivity index (χ4n) is 1.61. The summed E-state index contributed by atoms with van der Waals surface area (Å²) in [6.07, 6.45) is -4.23. The summed E-state index contributed by atoms with van der Waals surface area (Å²) in [6, 6.07) is 4.40. The molecule has 1 N–H and O–H groups in total. The number of amides is 1. The van der Waals surface area contributed by atoms with Crippen LogP contribution in [0.25, 0.3) is 0 Å². The van der Waals surface area contributed by atoms with Crippen LogP contribution in [0.4, 0.5) is 13.2 Å². The Morgan fingerprint density at radius 1 is 1.33 bits per heavy atom. The molecule has 0 radical (unpaired) electrons. The number of hydrogen-bond acceptors (Lipinski definition) is 3. The first-order valence-corrected chi connectivity index (χ1v) is 6.60. The number of ether oxygens (including phenoxy) is 2. The predicted octanol–water partition coefficient (Wildman–Crippen LogP) is 2.96. The van der Waals surface area contributed by atoms with Crippen LogP contribution in [0.1, 0.15) is 16.8 Å². The summed E-state index contributed by atoms with van der Waals surface area (Å²) >= 11 is 5.61. The normalized spacial score (nSPS) is 12.8. The summed E-state index contributed by atoms with van der Waals surface area (Å²) in [4.78, 5) is 11.9. The Kier molecular flexibility index (Phi) is 6.77. The van der Waals surface area contributed by atoms with Gasteiger partial charge in [-0.15, -0.1) is 24.8 Å². The summed E-state index contributed by atoms with van der Waals surface area (Å²) in [5.74, 6) is -0.443. The Morgan fingerprint density at radius 3 is 2.43 bits per heavy atom. The van der Waals surface area contributed by atoms with Crippen LogP contribution in [0.3, 0.4) is 0 Å². The van der Waals surface area contributed by atoms with Crippen LogP contribution in [0.5, 0.6) is 5.75 Å². The molecule has 4 nitrogen and oxygen atoms in total. The van der Waals surface area contributed by atoms with Crippen LogP contribution in [-0.2, 0) is 4.74 Å². The molecule has 1 amide bonds. The number of carbonyl (C=O) groups is 1. The van der Waals surface area contributed by atoms with Crippen molar-refractivity contribution in [1.82, 2.24) is 5.32 Å². The van der Waals surface area contributed by atoms with Gasteiger partial charge in [0.25, 0.3) is 5.91 Å². The fourth-order valence-corrected chi connectivity index (χ4v) is 1.87. The van der Waals surface area contributed by atoms with Crippen LogP contribution in [0.15, 0.2) is 24.3 Å². The fraction of sp³-hybridized carbons (Fsp3) is 0.462. The lowest BCUT2D eigenvalue weighted by molar-refractivity contribution is -0.274. The molecule has 118 valence electrons. The second kappa shape index (κ2) is 8.09. The van der Waals surface area contributed by atoms with Gasteiger partial charge in [0.15, 0.2) is 0 Å². The van der Waals surface area contributed by atoms with E-state index in [9.17, 15) is 18.0 Å². The summed E-state index contributed by atoms with van der Waals surface area (Å²) in [6.45, 7) is 0.299. The number of benzene rings is 1. The standard InChI is InChI=1S/C13H15ClF3NO3/c1-20-8-10(6-7-14)18-12(19)9-2-4-11(5-3-9)21-13(15,16)17/h2-5,10H,6-8H2,1H3,(H,18,19). The van der Waals surface area contributed by atoms with E-state index in [4.69, 9.17) is 16.3 Å². The van der Waals surface area contributed by atoms with Gasteiger partial charge in [-0.1, -0.05) is 0 Å². The Hall–Kier alpha value is -1.47. The Bertz CT molecular complexity index is 445. The van der Waals surface area contributed by atoms with Crippen molar-refractivity contribution in [3.8, 4) is 5.75 Å².